The monoisotopic (exact) mass is 429 g/mol. The summed E-state index contributed by atoms with van der Waals surface area (Å²) in [6, 6.07) is 15.6. The van der Waals surface area contributed by atoms with Crippen LogP contribution in [-0.4, -0.2) is 50.7 Å². The standard InChI is InChI=1S/C27H35N5/c1-2-8-24(9-3-1)27-25(18-29-30-27)21-31(20-23-7-6-14-28-17-23)19-22-12-15-32(16-13-22)26-10-4-5-11-26/h1-3,6-9,14,17-18,22,26H,4-5,10-13,15-16,19-21H2,(H,29,30). The topological polar surface area (TPSA) is 48.1 Å². The molecule has 1 saturated carbocycles. The molecule has 0 atom stereocenters. The van der Waals surface area contributed by atoms with E-state index < -0.39 is 0 Å². The predicted molar refractivity (Wildman–Crippen MR) is 129 cm³/mol. The number of aromatic nitrogens is 3. The van der Waals surface area contributed by atoms with Crippen LogP contribution in [0.1, 0.15) is 49.7 Å². The molecule has 32 heavy (non-hydrogen) atoms. The number of H-pyrrole nitrogens is 1. The summed E-state index contributed by atoms with van der Waals surface area (Å²) >= 11 is 0. The fourth-order valence-corrected chi connectivity index (χ4v) is 5.60. The van der Waals surface area contributed by atoms with Crippen LogP contribution in [0.5, 0.6) is 0 Å². The van der Waals surface area contributed by atoms with E-state index in [1.54, 1.807) is 0 Å². The number of nitrogens with zero attached hydrogens (tertiary/aromatic N) is 4. The van der Waals surface area contributed by atoms with Crippen LogP contribution in [0.15, 0.2) is 61.1 Å². The zero-order chi connectivity index (χ0) is 21.6. The summed E-state index contributed by atoms with van der Waals surface area (Å²) in [7, 11) is 0. The van der Waals surface area contributed by atoms with E-state index in [4.69, 9.17) is 0 Å². The van der Waals surface area contributed by atoms with E-state index >= 15 is 0 Å². The van der Waals surface area contributed by atoms with E-state index in [9.17, 15) is 0 Å². The maximum atomic E-state index is 4.39. The lowest BCUT2D eigenvalue weighted by atomic mass is 9.94. The lowest BCUT2D eigenvalue weighted by Crippen LogP contribution is -2.42. The molecule has 3 heterocycles. The highest BCUT2D eigenvalue weighted by Gasteiger charge is 2.28. The number of hydrogen-bond acceptors (Lipinski definition) is 4. The third-order valence-electron chi connectivity index (χ3n) is 7.31. The molecule has 2 fully saturated rings. The summed E-state index contributed by atoms with van der Waals surface area (Å²) in [5.74, 6) is 0.761. The van der Waals surface area contributed by atoms with Crippen LogP contribution in [0.2, 0.25) is 0 Å². The molecule has 0 radical (unpaired) electrons. The largest absolute Gasteiger partial charge is 0.300 e. The van der Waals surface area contributed by atoms with Crippen LogP contribution >= 0.6 is 0 Å². The molecule has 1 aromatic carbocycles. The van der Waals surface area contributed by atoms with Gasteiger partial charge in [-0.1, -0.05) is 49.2 Å². The Kier molecular flexibility index (Phi) is 6.95. The van der Waals surface area contributed by atoms with E-state index in [-0.39, 0.29) is 0 Å². The number of piperidine rings is 1. The Morgan fingerprint density at radius 1 is 0.906 bits per heavy atom. The van der Waals surface area contributed by atoms with Gasteiger partial charge in [0.25, 0.3) is 0 Å². The predicted octanol–water partition coefficient (Wildman–Crippen LogP) is 5.13. The molecule has 1 aliphatic heterocycles. The molecule has 1 saturated heterocycles. The Balaban J connectivity index is 1.27. The molecule has 168 valence electrons. The summed E-state index contributed by atoms with van der Waals surface area (Å²) in [6.07, 6.45) is 14.2. The number of likely N-dealkylation sites (tertiary alicyclic amines) is 1. The number of nitrogens with one attached hydrogen (secondary N) is 1. The molecular formula is C27H35N5. The highest BCUT2D eigenvalue weighted by atomic mass is 15.2. The summed E-state index contributed by atoms with van der Waals surface area (Å²) in [6.45, 7) is 5.51. The van der Waals surface area contributed by atoms with Gasteiger partial charge in [0.1, 0.15) is 0 Å². The number of benzene rings is 1. The molecule has 5 heteroatoms. The van der Waals surface area contributed by atoms with Crippen LogP contribution in [0.4, 0.5) is 0 Å². The van der Waals surface area contributed by atoms with Crippen molar-refractivity contribution in [3.8, 4) is 11.3 Å². The van der Waals surface area contributed by atoms with Crippen LogP contribution in [0.3, 0.4) is 0 Å². The fraction of sp³-hybridized carbons (Fsp3) is 0.481. The first kappa shape index (κ1) is 21.4. The van der Waals surface area contributed by atoms with Crippen molar-refractivity contribution in [2.75, 3.05) is 19.6 Å². The van der Waals surface area contributed by atoms with Crippen molar-refractivity contribution in [1.29, 1.82) is 0 Å². The van der Waals surface area contributed by atoms with Gasteiger partial charge in [-0.3, -0.25) is 15.0 Å². The van der Waals surface area contributed by atoms with Gasteiger partial charge in [0.15, 0.2) is 0 Å². The molecule has 0 amide bonds. The Labute approximate surface area is 191 Å². The van der Waals surface area contributed by atoms with Gasteiger partial charge in [-0.2, -0.15) is 5.10 Å². The van der Waals surface area contributed by atoms with Crippen molar-refractivity contribution in [2.24, 2.45) is 5.92 Å². The molecule has 2 aliphatic rings. The lowest BCUT2D eigenvalue weighted by molar-refractivity contribution is 0.107. The third-order valence-corrected chi connectivity index (χ3v) is 7.31. The minimum absolute atomic E-state index is 0.761. The Morgan fingerprint density at radius 2 is 1.72 bits per heavy atom. The van der Waals surface area contributed by atoms with E-state index in [0.29, 0.717) is 0 Å². The number of aromatic amines is 1. The smallest absolute Gasteiger partial charge is 0.0695 e. The molecule has 0 bridgehead atoms. The highest BCUT2D eigenvalue weighted by Crippen LogP contribution is 2.29. The Hall–Kier alpha value is -2.50. The van der Waals surface area contributed by atoms with Crippen LogP contribution in [0.25, 0.3) is 11.3 Å². The SMILES string of the molecule is c1ccc(-c2[nH]ncc2CN(Cc2cccnc2)CC2CCN(C3CCCC3)CC2)cc1. The maximum Gasteiger partial charge on any atom is 0.0695 e. The average molecular weight is 430 g/mol. The summed E-state index contributed by atoms with van der Waals surface area (Å²) in [5.41, 5.74) is 4.88. The van der Waals surface area contributed by atoms with Crippen molar-refractivity contribution < 1.29 is 0 Å². The van der Waals surface area contributed by atoms with Crippen LogP contribution in [-0.2, 0) is 13.1 Å². The van der Waals surface area contributed by atoms with E-state index in [1.807, 2.05) is 24.7 Å². The second-order valence-corrected chi connectivity index (χ2v) is 9.58. The number of rotatable bonds is 8. The second-order valence-electron chi connectivity index (χ2n) is 9.58. The maximum absolute atomic E-state index is 4.39. The summed E-state index contributed by atoms with van der Waals surface area (Å²) in [5, 5.41) is 7.63. The van der Waals surface area contributed by atoms with Crippen molar-refractivity contribution in [1.82, 2.24) is 25.0 Å². The first-order valence-electron chi connectivity index (χ1n) is 12.3. The van der Waals surface area contributed by atoms with Gasteiger partial charge >= 0.3 is 0 Å². The van der Waals surface area contributed by atoms with Gasteiger partial charge in [0.2, 0.25) is 0 Å². The van der Waals surface area contributed by atoms with Gasteiger partial charge in [-0.05, 0) is 61.9 Å². The normalized spacial score (nSPS) is 18.5. The molecule has 1 N–H and O–H groups in total. The molecule has 3 aromatic rings. The zero-order valence-electron chi connectivity index (χ0n) is 19.0. The Bertz CT molecular complexity index is 940. The van der Waals surface area contributed by atoms with Crippen molar-refractivity contribution in [3.05, 3.63) is 72.2 Å². The molecular weight excluding hydrogens is 394 g/mol. The van der Waals surface area contributed by atoms with Crippen molar-refractivity contribution in [3.63, 3.8) is 0 Å². The third kappa shape index (κ3) is 5.28. The molecule has 0 spiro atoms. The summed E-state index contributed by atoms with van der Waals surface area (Å²) in [4.78, 5) is 9.73. The van der Waals surface area contributed by atoms with Gasteiger partial charge < -0.3 is 4.90 Å². The summed E-state index contributed by atoms with van der Waals surface area (Å²) < 4.78 is 0. The molecule has 5 nitrogen and oxygen atoms in total. The average Bonchev–Trinajstić information content (AvgIpc) is 3.53. The van der Waals surface area contributed by atoms with E-state index in [2.05, 4.69) is 61.4 Å². The fourth-order valence-electron chi connectivity index (χ4n) is 5.60. The van der Waals surface area contributed by atoms with E-state index in [1.165, 1.54) is 68.3 Å². The van der Waals surface area contributed by atoms with Gasteiger partial charge in [0, 0.05) is 43.6 Å². The zero-order valence-corrected chi connectivity index (χ0v) is 19.0. The van der Waals surface area contributed by atoms with E-state index in [0.717, 1.165) is 37.3 Å². The van der Waals surface area contributed by atoms with Gasteiger partial charge in [-0.25, -0.2) is 0 Å². The lowest BCUT2D eigenvalue weighted by Gasteiger charge is -2.38. The van der Waals surface area contributed by atoms with Gasteiger partial charge in [0.05, 0.1) is 11.9 Å². The van der Waals surface area contributed by atoms with Crippen LogP contribution < -0.4 is 0 Å². The second kappa shape index (κ2) is 10.4. The molecule has 2 aromatic heterocycles. The molecule has 0 unspecified atom stereocenters. The molecule has 1 aliphatic carbocycles. The Morgan fingerprint density at radius 3 is 2.47 bits per heavy atom. The minimum atomic E-state index is 0.761. The number of hydrogen-bond donors (Lipinski definition) is 1. The van der Waals surface area contributed by atoms with Crippen molar-refractivity contribution >= 4 is 0 Å². The first-order valence-corrected chi connectivity index (χ1v) is 12.3. The van der Waals surface area contributed by atoms with Crippen LogP contribution in [0, 0.1) is 5.92 Å². The number of pyridine rings is 1. The highest BCUT2D eigenvalue weighted by molar-refractivity contribution is 5.62. The minimum Gasteiger partial charge on any atom is -0.300 e. The van der Waals surface area contributed by atoms with Crippen molar-refractivity contribution in [2.45, 2.75) is 57.7 Å². The van der Waals surface area contributed by atoms with Gasteiger partial charge in [-0.15, -0.1) is 0 Å². The molecule has 5 rings (SSSR count). The quantitative estimate of drug-likeness (QED) is 0.539. The first-order chi connectivity index (χ1) is 15.8.